The van der Waals surface area contributed by atoms with E-state index in [1.807, 2.05) is 0 Å². The second-order valence-electron chi connectivity index (χ2n) is 14.3. The second-order valence-corrected chi connectivity index (χ2v) is 14.3. The monoisotopic (exact) mass is 530 g/mol. The zero-order valence-corrected chi connectivity index (χ0v) is 25.2. The first kappa shape index (κ1) is 29.7. The Balaban J connectivity index is 1.65. The van der Waals surface area contributed by atoms with E-state index >= 15 is 0 Å². The second kappa shape index (κ2) is 10.6. The summed E-state index contributed by atoms with van der Waals surface area (Å²) in [5.41, 5.74) is 0.486. The molecule has 4 aliphatic rings. The van der Waals surface area contributed by atoms with Crippen LogP contribution >= 0.6 is 0 Å². The molecule has 0 aromatic rings. The van der Waals surface area contributed by atoms with E-state index in [-0.39, 0.29) is 65.0 Å². The van der Waals surface area contributed by atoms with E-state index in [9.17, 15) is 19.8 Å². The quantitative estimate of drug-likeness (QED) is 0.419. The number of hydrogen-bond donors (Lipinski definition) is 3. The fourth-order valence-electron chi connectivity index (χ4n) is 9.69. The van der Waals surface area contributed by atoms with Gasteiger partial charge in [0.2, 0.25) is 5.91 Å². The number of Topliss-reactive ketones (excluding diaryl/α,β-unsaturated/α-hetero) is 1. The van der Waals surface area contributed by atoms with Crippen LogP contribution in [0.1, 0.15) is 92.9 Å². The molecule has 0 saturated heterocycles. The van der Waals surface area contributed by atoms with Gasteiger partial charge in [-0.05, 0) is 88.6 Å². The molecule has 0 aliphatic heterocycles. The lowest BCUT2D eigenvalue weighted by molar-refractivity contribution is -0.147. The molecule has 216 valence electrons. The van der Waals surface area contributed by atoms with E-state index in [4.69, 9.17) is 0 Å². The Morgan fingerprint density at radius 3 is 2.39 bits per heavy atom. The Kier molecular flexibility index (Phi) is 8.32. The molecule has 6 nitrogen and oxygen atoms in total. The summed E-state index contributed by atoms with van der Waals surface area (Å²) in [6.07, 6.45) is 8.08. The number of amides is 1. The number of allylic oxidation sites excluding steroid dienone is 1. The summed E-state index contributed by atoms with van der Waals surface area (Å²) in [5.74, 6) is 0.851. The molecular formula is C32H54N2O4. The van der Waals surface area contributed by atoms with Crippen LogP contribution in [-0.2, 0) is 9.59 Å². The fraction of sp³-hybridized carbons (Fsp3) is 0.875. The van der Waals surface area contributed by atoms with E-state index < -0.39 is 11.5 Å². The van der Waals surface area contributed by atoms with Gasteiger partial charge in [-0.3, -0.25) is 9.59 Å². The number of carbonyl (C=O) groups is 2. The van der Waals surface area contributed by atoms with Gasteiger partial charge in [0.15, 0.2) is 0 Å². The Morgan fingerprint density at radius 1 is 1.16 bits per heavy atom. The summed E-state index contributed by atoms with van der Waals surface area (Å²) in [4.78, 5) is 29.2. The molecule has 1 amide bonds. The maximum absolute atomic E-state index is 13.9. The van der Waals surface area contributed by atoms with E-state index in [2.05, 4.69) is 71.9 Å². The maximum Gasteiger partial charge on any atom is 0.223 e. The average molecular weight is 531 g/mol. The Morgan fingerprint density at radius 2 is 1.82 bits per heavy atom. The lowest BCUT2D eigenvalue weighted by Crippen LogP contribution is -2.55. The first-order valence-electron chi connectivity index (χ1n) is 15.3. The topological polar surface area (TPSA) is 89.9 Å². The molecule has 4 aliphatic carbocycles. The number of nitrogens with zero attached hydrogens (tertiary/aromatic N) is 1. The molecule has 3 fully saturated rings. The summed E-state index contributed by atoms with van der Waals surface area (Å²) in [7, 11) is 4.14. The van der Waals surface area contributed by atoms with Gasteiger partial charge in [-0.25, -0.2) is 0 Å². The maximum atomic E-state index is 13.9. The number of ketones is 1. The van der Waals surface area contributed by atoms with Crippen molar-refractivity contribution in [3.8, 4) is 0 Å². The minimum absolute atomic E-state index is 0.00173. The van der Waals surface area contributed by atoms with Crippen LogP contribution < -0.4 is 5.32 Å². The van der Waals surface area contributed by atoms with Crippen molar-refractivity contribution in [2.24, 2.45) is 45.8 Å². The molecule has 3 N–H and O–H groups in total. The van der Waals surface area contributed by atoms with E-state index in [0.29, 0.717) is 18.6 Å². The molecule has 0 heterocycles. The predicted molar refractivity (Wildman–Crippen MR) is 151 cm³/mol. The zero-order valence-electron chi connectivity index (χ0n) is 25.2. The van der Waals surface area contributed by atoms with Crippen molar-refractivity contribution < 1.29 is 19.8 Å². The van der Waals surface area contributed by atoms with Crippen LogP contribution in [-0.4, -0.2) is 65.7 Å². The lowest BCUT2D eigenvalue weighted by atomic mass is 9.48. The van der Waals surface area contributed by atoms with Crippen molar-refractivity contribution in [2.45, 2.75) is 111 Å². The fourth-order valence-corrected chi connectivity index (χ4v) is 9.69. The third kappa shape index (κ3) is 4.41. The van der Waals surface area contributed by atoms with E-state index in [1.165, 1.54) is 5.57 Å². The minimum Gasteiger partial charge on any atom is -0.396 e. The number of carbonyl (C=O) groups excluding carboxylic acids is 2. The highest BCUT2D eigenvalue weighted by Crippen LogP contribution is 2.69. The average Bonchev–Trinajstić information content (AvgIpc) is 2.98. The molecule has 10 atom stereocenters. The molecule has 0 aromatic carbocycles. The lowest BCUT2D eigenvalue weighted by Gasteiger charge is -2.56. The normalized spacial score (nSPS) is 43.7. The van der Waals surface area contributed by atoms with Crippen LogP contribution in [0.5, 0.6) is 0 Å². The smallest absolute Gasteiger partial charge is 0.223 e. The van der Waals surface area contributed by atoms with Gasteiger partial charge in [0, 0.05) is 41.7 Å². The number of hydrogen-bond acceptors (Lipinski definition) is 5. The number of rotatable bonds is 7. The number of aliphatic hydroxyl groups is 2. The van der Waals surface area contributed by atoms with Gasteiger partial charge in [-0.2, -0.15) is 0 Å². The molecule has 0 spiro atoms. The van der Waals surface area contributed by atoms with Crippen LogP contribution in [0.2, 0.25) is 0 Å². The number of fused-ring (bicyclic) bond motifs is 4. The molecule has 38 heavy (non-hydrogen) atoms. The highest BCUT2D eigenvalue weighted by atomic mass is 16.3. The van der Waals surface area contributed by atoms with Crippen LogP contribution in [0.4, 0.5) is 0 Å². The van der Waals surface area contributed by atoms with E-state index in [0.717, 1.165) is 38.5 Å². The third-order valence-corrected chi connectivity index (χ3v) is 12.6. The molecule has 4 rings (SSSR count). The summed E-state index contributed by atoms with van der Waals surface area (Å²) in [6, 6.07) is 0.0824. The summed E-state index contributed by atoms with van der Waals surface area (Å²) in [6.45, 7) is 13.1. The first-order chi connectivity index (χ1) is 17.8. The number of aliphatic hydroxyl groups excluding tert-OH is 2. The Labute approximate surface area is 231 Å². The van der Waals surface area contributed by atoms with Crippen LogP contribution in [0, 0.1) is 45.8 Å². The van der Waals surface area contributed by atoms with Crippen molar-refractivity contribution in [1.82, 2.24) is 10.2 Å². The van der Waals surface area contributed by atoms with Gasteiger partial charge >= 0.3 is 0 Å². The zero-order chi connectivity index (χ0) is 28.2. The molecule has 0 radical (unpaired) electrons. The minimum atomic E-state index is -0.455. The van der Waals surface area contributed by atoms with Crippen molar-refractivity contribution in [3.63, 3.8) is 0 Å². The summed E-state index contributed by atoms with van der Waals surface area (Å²) < 4.78 is 0. The van der Waals surface area contributed by atoms with Crippen LogP contribution in [0.3, 0.4) is 0 Å². The first-order valence-corrected chi connectivity index (χ1v) is 15.3. The summed E-state index contributed by atoms with van der Waals surface area (Å²) in [5, 5.41) is 25.5. The van der Waals surface area contributed by atoms with Crippen molar-refractivity contribution in [2.75, 3.05) is 20.7 Å². The van der Waals surface area contributed by atoms with Gasteiger partial charge in [-0.1, -0.05) is 46.3 Å². The van der Waals surface area contributed by atoms with E-state index in [1.54, 1.807) is 0 Å². The van der Waals surface area contributed by atoms with Crippen LogP contribution in [0.15, 0.2) is 11.6 Å². The van der Waals surface area contributed by atoms with Crippen molar-refractivity contribution >= 4 is 11.7 Å². The van der Waals surface area contributed by atoms with Gasteiger partial charge in [0.05, 0.1) is 12.7 Å². The van der Waals surface area contributed by atoms with Crippen molar-refractivity contribution in [1.29, 1.82) is 0 Å². The molecule has 7 unspecified atom stereocenters. The molecule has 0 aromatic heterocycles. The highest BCUT2D eigenvalue weighted by Gasteiger charge is 2.67. The van der Waals surface area contributed by atoms with Crippen LogP contribution in [0.25, 0.3) is 0 Å². The van der Waals surface area contributed by atoms with Crippen molar-refractivity contribution in [3.05, 3.63) is 11.6 Å². The largest absolute Gasteiger partial charge is 0.396 e. The number of nitrogens with one attached hydrogen (secondary N) is 1. The van der Waals surface area contributed by atoms with Gasteiger partial charge in [-0.15, -0.1) is 0 Å². The Bertz CT molecular complexity index is 944. The molecule has 6 heteroatoms. The SMILES string of the molecule is CCC(CC)C(=O)NC1CC=C2CC3C(=O)C[C@]4(C)C(C(C)N(C)C)C(O)C[C@@]4(C)C3CCC2[C@]1(C)CO. The standard InChI is InChI=1S/C32H54N2O4/c1-9-20(10-2)29(38)33-27-14-11-21-15-22-24(13-12-23(21)30(27,4)18-35)31(5)17-26(37)28(19(3)34(7)8)32(31,6)16-25(22)36/h11,19-20,22-24,26-28,35,37H,9-10,12-18H2,1-8H3,(H,33,38)/t19?,22?,23?,24?,26?,27?,28?,30-,31-,32+/m0/s1. The predicted octanol–water partition coefficient (Wildman–Crippen LogP) is 4.58. The molecule has 0 bridgehead atoms. The van der Waals surface area contributed by atoms with Gasteiger partial charge in [0.1, 0.15) is 5.78 Å². The summed E-state index contributed by atoms with van der Waals surface area (Å²) >= 11 is 0. The van der Waals surface area contributed by atoms with Gasteiger partial charge < -0.3 is 20.4 Å². The molecule has 3 saturated carbocycles. The van der Waals surface area contributed by atoms with Gasteiger partial charge in [0.25, 0.3) is 0 Å². The third-order valence-electron chi connectivity index (χ3n) is 12.6. The molecular weight excluding hydrogens is 476 g/mol. The highest BCUT2D eigenvalue weighted by molar-refractivity contribution is 5.84. The Hall–Kier alpha value is -1.24.